The van der Waals surface area contributed by atoms with Gasteiger partial charge in [0, 0.05) is 18.8 Å². The van der Waals surface area contributed by atoms with Crippen molar-refractivity contribution in [2.75, 3.05) is 0 Å². The fourth-order valence-electron chi connectivity index (χ4n) is 0.881. The summed E-state index contributed by atoms with van der Waals surface area (Å²) < 4.78 is 0. The first kappa shape index (κ1) is 10.2. The lowest BCUT2D eigenvalue weighted by atomic mass is 10.2. The molecule has 0 aliphatic rings. The first-order chi connectivity index (χ1) is 6.24. The molecule has 0 saturated heterocycles. The SMILES string of the molecule is CCC(=O)C(C)Sc1cnccn1. The molecule has 0 N–H and O–H groups in total. The Balaban J connectivity index is 2.55. The molecule has 3 nitrogen and oxygen atoms in total. The maximum absolute atomic E-state index is 11.2. The summed E-state index contributed by atoms with van der Waals surface area (Å²) in [4.78, 5) is 19.3. The fraction of sp³-hybridized carbons (Fsp3) is 0.444. The molecule has 1 atom stereocenters. The number of thioether (sulfide) groups is 1. The van der Waals surface area contributed by atoms with Crippen LogP contribution in [0.15, 0.2) is 23.6 Å². The molecule has 0 aliphatic carbocycles. The van der Waals surface area contributed by atoms with E-state index < -0.39 is 0 Å². The molecule has 0 radical (unpaired) electrons. The lowest BCUT2D eigenvalue weighted by Gasteiger charge is -2.06. The minimum atomic E-state index is -0.0262. The van der Waals surface area contributed by atoms with Gasteiger partial charge in [0.15, 0.2) is 0 Å². The molecule has 0 amide bonds. The number of carbonyl (C=O) groups is 1. The summed E-state index contributed by atoms with van der Waals surface area (Å²) >= 11 is 1.45. The fourth-order valence-corrected chi connectivity index (χ4v) is 1.78. The van der Waals surface area contributed by atoms with Crippen molar-refractivity contribution in [3.05, 3.63) is 18.6 Å². The van der Waals surface area contributed by atoms with Crippen molar-refractivity contribution in [1.29, 1.82) is 0 Å². The molecule has 0 fully saturated rings. The molecule has 1 aromatic heterocycles. The van der Waals surface area contributed by atoms with Gasteiger partial charge in [0.25, 0.3) is 0 Å². The molecule has 1 aromatic rings. The Morgan fingerprint density at radius 2 is 2.38 bits per heavy atom. The van der Waals surface area contributed by atoms with E-state index in [1.807, 2.05) is 13.8 Å². The summed E-state index contributed by atoms with van der Waals surface area (Å²) in [5, 5.41) is 0.776. The molecule has 0 spiro atoms. The van der Waals surface area contributed by atoms with Crippen LogP contribution in [0.5, 0.6) is 0 Å². The maximum atomic E-state index is 11.2. The van der Waals surface area contributed by atoms with Gasteiger partial charge in [0.2, 0.25) is 0 Å². The molecule has 4 heteroatoms. The highest BCUT2D eigenvalue weighted by Crippen LogP contribution is 2.20. The minimum absolute atomic E-state index is 0.0262. The molecule has 1 unspecified atom stereocenters. The molecule has 1 heterocycles. The summed E-state index contributed by atoms with van der Waals surface area (Å²) in [5.41, 5.74) is 0. The van der Waals surface area contributed by atoms with E-state index in [0.29, 0.717) is 6.42 Å². The van der Waals surface area contributed by atoms with Crippen molar-refractivity contribution in [3.63, 3.8) is 0 Å². The minimum Gasteiger partial charge on any atom is -0.298 e. The van der Waals surface area contributed by atoms with E-state index >= 15 is 0 Å². The van der Waals surface area contributed by atoms with Gasteiger partial charge in [0.05, 0.1) is 11.4 Å². The second-order valence-corrected chi connectivity index (χ2v) is 3.98. The monoisotopic (exact) mass is 196 g/mol. The van der Waals surface area contributed by atoms with Gasteiger partial charge >= 0.3 is 0 Å². The highest BCUT2D eigenvalue weighted by atomic mass is 32.2. The molecule has 0 saturated carbocycles. The molecule has 0 aromatic carbocycles. The largest absolute Gasteiger partial charge is 0.298 e. The average molecular weight is 196 g/mol. The number of hydrogen-bond acceptors (Lipinski definition) is 4. The van der Waals surface area contributed by atoms with Gasteiger partial charge in [0.1, 0.15) is 10.8 Å². The van der Waals surface area contributed by atoms with Crippen molar-refractivity contribution in [2.24, 2.45) is 0 Å². The van der Waals surface area contributed by atoms with Crippen molar-refractivity contribution >= 4 is 17.5 Å². The number of hydrogen-bond donors (Lipinski definition) is 0. The molecular weight excluding hydrogens is 184 g/mol. The van der Waals surface area contributed by atoms with E-state index in [1.165, 1.54) is 11.8 Å². The van der Waals surface area contributed by atoms with E-state index in [2.05, 4.69) is 9.97 Å². The molecule has 0 aliphatic heterocycles. The van der Waals surface area contributed by atoms with Crippen molar-refractivity contribution in [1.82, 2.24) is 9.97 Å². The van der Waals surface area contributed by atoms with Crippen LogP contribution in [0.1, 0.15) is 20.3 Å². The maximum Gasteiger partial charge on any atom is 0.145 e. The van der Waals surface area contributed by atoms with E-state index in [9.17, 15) is 4.79 Å². The van der Waals surface area contributed by atoms with Gasteiger partial charge < -0.3 is 0 Å². The van der Waals surface area contributed by atoms with Gasteiger partial charge in [-0.1, -0.05) is 18.7 Å². The summed E-state index contributed by atoms with van der Waals surface area (Å²) in [6, 6.07) is 0. The van der Waals surface area contributed by atoms with Crippen molar-refractivity contribution < 1.29 is 4.79 Å². The van der Waals surface area contributed by atoms with Gasteiger partial charge in [-0.15, -0.1) is 0 Å². The molecule has 0 bridgehead atoms. The zero-order chi connectivity index (χ0) is 9.68. The second kappa shape index (κ2) is 4.97. The van der Waals surface area contributed by atoms with E-state index in [4.69, 9.17) is 0 Å². The van der Waals surface area contributed by atoms with E-state index in [1.54, 1.807) is 18.6 Å². The Kier molecular flexibility index (Phi) is 3.89. The quantitative estimate of drug-likeness (QED) is 0.690. The van der Waals surface area contributed by atoms with Crippen LogP contribution >= 0.6 is 11.8 Å². The number of rotatable bonds is 4. The lowest BCUT2D eigenvalue weighted by Crippen LogP contribution is -2.11. The molecule has 13 heavy (non-hydrogen) atoms. The second-order valence-electron chi connectivity index (χ2n) is 2.62. The summed E-state index contributed by atoms with van der Waals surface area (Å²) in [5.74, 6) is 0.246. The Morgan fingerprint density at radius 3 is 2.92 bits per heavy atom. The number of aromatic nitrogens is 2. The standard InChI is InChI=1S/C9H12N2OS/c1-3-8(12)7(2)13-9-6-10-4-5-11-9/h4-7H,3H2,1-2H3. The Hall–Kier alpha value is -0.900. The van der Waals surface area contributed by atoms with Crippen LogP contribution in [0.25, 0.3) is 0 Å². The van der Waals surface area contributed by atoms with Gasteiger partial charge in [-0.05, 0) is 6.92 Å². The molecule has 70 valence electrons. The zero-order valence-corrected chi connectivity index (χ0v) is 8.54. The topological polar surface area (TPSA) is 42.9 Å². The number of Topliss-reactive ketones (excluding diaryl/α,β-unsaturated/α-hetero) is 1. The summed E-state index contributed by atoms with van der Waals surface area (Å²) in [7, 11) is 0. The van der Waals surface area contributed by atoms with Crippen LogP contribution in [-0.2, 0) is 4.79 Å². The zero-order valence-electron chi connectivity index (χ0n) is 7.73. The average Bonchev–Trinajstić information content (AvgIpc) is 2.18. The van der Waals surface area contributed by atoms with Crippen LogP contribution in [0.2, 0.25) is 0 Å². The van der Waals surface area contributed by atoms with Gasteiger partial charge in [-0.3, -0.25) is 9.78 Å². The van der Waals surface area contributed by atoms with Gasteiger partial charge in [-0.25, -0.2) is 4.98 Å². The third-order valence-corrected chi connectivity index (χ3v) is 2.71. The van der Waals surface area contributed by atoms with Crippen molar-refractivity contribution in [3.8, 4) is 0 Å². The number of ketones is 1. The van der Waals surface area contributed by atoms with Crippen LogP contribution in [0.3, 0.4) is 0 Å². The van der Waals surface area contributed by atoms with E-state index in [0.717, 1.165) is 5.03 Å². The highest BCUT2D eigenvalue weighted by molar-refractivity contribution is 8.00. The van der Waals surface area contributed by atoms with Gasteiger partial charge in [-0.2, -0.15) is 0 Å². The van der Waals surface area contributed by atoms with Crippen molar-refractivity contribution in [2.45, 2.75) is 30.5 Å². The Labute approximate surface area is 82.0 Å². The Bertz CT molecular complexity index is 276. The van der Waals surface area contributed by atoms with Crippen LogP contribution < -0.4 is 0 Å². The smallest absolute Gasteiger partial charge is 0.145 e. The predicted molar refractivity (Wildman–Crippen MR) is 52.6 cm³/mol. The lowest BCUT2D eigenvalue weighted by molar-refractivity contribution is -0.117. The first-order valence-electron chi connectivity index (χ1n) is 4.19. The molecule has 1 rings (SSSR count). The number of carbonyl (C=O) groups excluding carboxylic acids is 1. The predicted octanol–water partition coefficient (Wildman–Crippen LogP) is 1.94. The van der Waals surface area contributed by atoms with Crippen LogP contribution in [-0.4, -0.2) is 21.0 Å². The number of nitrogens with zero attached hydrogens (tertiary/aromatic N) is 2. The first-order valence-corrected chi connectivity index (χ1v) is 5.07. The summed E-state index contributed by atoms with van der Waals surface area (Å²) in [6.07, 6.45) is 5.50. The Morgan fingerprint density at radius 1 is 1.62 bits per heavy atom. The van der Waals surface area contributed by atoms with Crippen LogP contribution in [0, 0.1) is 0 Å². The van der Waals surface area contributed by atoms with Crippen LogP contribution in [0.4, 0.5) is 0 Å². The third-order valence-electron chi connectivity index (χ3n) is 1.64. The summed E-state index contributed by atoms with van der Waals surface area (Å²) in [6.45, 7) is 3.77. The third kappa shape index (κ3) is 3.14. The molecular formula is C9H12N2OS. The normalized spacial score (nSPS) is 12.5. The van der Waals surface area contributed by atoms with E-state index in [-0.39, 0.29) is 11.0 Å². The highest BCUT2D eigenvalue weighted by Gasteiger charge is 2.12.